The van der Waals surface area contributed by atoms with E-state index in [1.165, 1.54) is 11.3 Å². The molecule has 0 saturated carbocycles. The highest BCUT2D eigenvalue weighted by molar-refractivity contribution is 7.11. The van der Waals surface area contributed by atoms with Crippen molar-refractivity contribution >= 4 is 11.3 Å². The quantitative estimate of drug-likeness (QED) is 0.804. The van der Waals surface area contributed by atoms with Gasteiger partial charge in [-0.3, -0.25) is 0 Å². The number of rotatable bonds is 2. The zero-order valence-electron chi connectivity index (χ0n) is 8.02. The minimum atomic E-state index is -0.814. The third-order valence-electron chi connectivity index (χ3n) is 2.45. The van der Waals surface area contributed by atoms with E-state index in [-0.39, 0.29) is 0 Å². The van der Waals surface area contributed by atoms with Gasteiger partial charge in [0.2, 0.25) is 0 Å². The van der Waals surface area contributed by atoms with Crippen LogP contribution in [0.3, 0.4) is 0 Å². The predicted molar refractivity (Wildman–Crippen MR) is 52.6 cm³/mol. The van der Waals surface area contributed by atoms with Gasteiger partial charge in [0, 0.05) is 31.4 Å². The summed E-state index contributed by atoms with van der Waals surface area (Å²) in [5.74, 6) is 0. The van der Waals surface area contributed by atoms with Gasteiger partial charge in [0.05, 0.1) is 12.8 Å². The Balaban J connectivity index is 2.19. The standard InChI is InChI=1S/C9H13NO3S/c1-12-8-10-7(6-14-8)9(11)2-4-13-5-3-9/h6,11H,2-5H2,1H3. The smallest absolute Gasteiger partial charge is 0.273 e. The van der Waals surface area contributed by atoms with Gasteiger partial charge in [0.1, 0.15) is 5.60 Å². The maximum atomic E-state index is 10.3. The number of thiazole rings is 1. The average Bonchev–Trinajstić information content (AvgIpc) is 2.67. The number of nitrogens with zero attached hydrogens (tertiary/aromatic N) is 1. The van der Waals surface area contributed by atoms with Gasteiger partial charge in [-0.15, -0.1) is 0 Å². The molecule has 1 fully saturated rings. The number of aromatic nitrogens is 1. The molecule has 1 N–H and O–H groups in total. The first-order chi connectivity index (χ1) is 6.74. The lowest BCUT2D eigenvalue weighted by Crippen LogP contribution is -2.33. The normalized spacial score (nSPS) is 20.7. The lowest BCUT2D eigenvalue weighted by atomic mass is 9.92. The monoisotopic (exact) mass is 215 g/mol. The van der Waals surface area contributed by atoms with Crippen LogP contribution in [0.5, 0.6) is 5.19 Å². The summed E-state index contributed by atoms with van der Waals surface area (Å²) in [5.41, 5.74) is -0.103. The van der Waals surface area contributed by atoms with Crippen LogP contribution in [-0.2, 0) is 10.3 Å². The Hall–Kier alpha value is -0.650. The highest BCUT2D eigenvalue weighted by Crippen LogP contribution is 2.34. The molecule has 2 rings (SSSR count). The first-order valence-electron chi connectivity index (χ1n) is 4.55. The van der Waals surface area contributed by atoms with Gasteiger partial charge in [-0.1, -0.05) is 11.3 Å². The summed E-state index contributed by atoms with van der Waals surface area (Å²) in [4.78, 5) is 4.21. The lowest BCUT2D eigenvalue weighted by Gasteiger charge is -2.30. The summed E-state index contributed by atoms with van der Waals surface area (Å²) in [5, 5.41) is 12.7. The van der Waals surface area contributed by atoms with Crippen LogP contribution in [0.2, 0.25) is 0 Å². The summed E-state index contributed by atoms with van der Waals surface area (Å²) < 4.78 is 10.2. The van der Waals surface area contributed by atoms with Gasteiger partial charge < -0.3 is 14.6 Å². The van der Waals surface area contributed by atoms with Crippen LogP contribution in [0.4, 0.5) is 0 Å². The van der Waals surface area contributed by atoms with Crippen LogP contribution in [0.15, 0.2) is 5.38 Å². The number of hydrogen-bond acceptors (Lipinski definition) is 5. The van der Waals surface area contributed by atoms with Crippen LogP contribution >= 0.6 is 11.3 Å². The molecule has 14 heavy (non-hydrogen) atoms. The van der Waals surface area contributed by atoms with Gasteiger partial charge in [-0.2, -0.15) is 0 Å². The van der Waals surface area contributed by atoms with E-state index in [1.54, 1.807) is 7.11 Å². The number of methoxy groups -OCH3 is 1. The summed E-state index contributed by atoms with van der Waals surface area (Å²) >= 11 is 1.41. The van der Waals surface area contributed by atoms with Crippen molar-refractivity contribution in [3.63, 3.8) is 0 Å². The number of aliphatic hydroxyl groups is 1. The van der Waals surface area contributed by atoms with Gasteiger partial charge >= 0.3 is 0 Å². The van der Waals surface area contributed by atoms with E-state index in [9.17, 15) is 5.11 Å². The van der Waals surface area contributed by atoms with E-state index in [0.29, 0.717) is 36.9 Å². The van der Waals surface area contributed by atoms with Crippen molar-refractivity contribution in [2.24, 2.45) is 0 Å². The Kier molecular flexibility index (Phi) is 2.71. The SMILES string of the molecule is COc1nc(C2(O)CCOCC2)cs1. The molecule has 0 aromatic carbocycles. The van der Waals surface area contributed by atoms with Crippen LogP contribution < -0.4 is 4.74 Å². The second-order valence-electron chi connectivity index (χ2n) is 3.35. The Bertz CT molecular complexity index is 307. The van der Waals surface area contributed by atoms with Gasteiger partial charge in [-0.25, -0.2) is 4.98 Å². The molecule has 4 nitrogen and oxygen atoms in total. The van der Waals surface area contributed by atoms with Crippen LogP contribution in [0.1, 0.15) is 18.5 Å². The number of ether oxygens (including phenoxy) is 2. The second kappa shape index (κ2) is 3.84. The van der Waals surface area contributed by atoms with Crippen LogP contribution in [-0.4, -0.2) is 30.4 Å². The van der Waals surface area contributed by atoms with Crippen molar-refractivity contribution in [3.05, 3.63) is 11.1 Å². The highest BCUT2D eigenvalue weighted by atomic mass is 32.1. The van der Waals surface area contributed by atoms with E-state index in [1.807, 2.05) is 5.38 Å². The van der Waals surface area contributed by atoms with Crippen molar-refractivity contribution in [2.45, 2.75) is 18.4 Å². The maximum absolute atomic E-state index is 10.3. The molecule has 1 aliphatic rings. The fraction of sp³-hybridized carbons (Fsp3) is 0.667. The molecule has 1 aliphatic heterocycles. The van der Waals surface area contributed by atoms with Gasteiger partial charge in [0.25, 0.3) is 5.19 Å². The molecule has 0 bridgehead atoms. The molecule has 1 aromatic heterocycles. The Labute approximate surface area is 86.5 Å². The van der Waals surface area contributed by atoms with Crippen molar-refractivity contribution < 1.29 is 14.6 Å². The summed E-state index contributed by atoms with van der Waals surface area (Å²) in [7, 11) is 1.58. The fourth-order valence-corrected chi connectivity index (χ4v) is 2.26. The van der Waals surface area contributed by atoms with E-state index >= 15 is 0 Å². The predicted octanol–water partition coefficient (Wildman–Crippen LogP) is 1.15. The molecular weight excluding hydrogens is 202 g/mol. The fourth-order valence-electron chi connectivity index (χ4n) is 1.53. The summed E-state index contributed by atoms with van der Waals surface area (Å²) in [6.45, 7) is 1.19. The maximum Gasteiger partial charge on any atom is 0.273 e. The molecule has 1 saturated heterocycles. The van der Waals surface area contributed by atoms with E-state index in [4.69, 9.17) is 9.47 Å². The largest absolute Gasteiger partial charge is 0.473 e. The number of hydrogen-bond donors (Lipinski definition) is 1. The Morgan fingerprint density at radius 3 is 2.86 bits per heavy atom. The zero-order valence-corrected chi connectivity index (χ0v) is 8.84. The summed E-state index contributed by atoms with van der Waals surface area (Å²) in [6.07, 6.45) is 1.22. The third-order valence-corrected chi connectivity index (χ3v) is 3.26. The van der Waals surface area contributed by atoms with Crippen molar-refractivity contribution in [2.75, 3.05) is 20.3 Å². The first-order valence-corrected chi connectivity index (χ1v) is 5.43. The Morgan fingerprint density at radius 2 is 2.29 bits per heavy atom. The third kappa shape index (κ3) is 1.75. The molecule has 0 aliphatic carbocycles. The molecule has 5 heteroatoms. The van der Waals surface area contributed by atoms with E-state index in [0.717, 1.165) is 0 Å². The minimum absolute atomic E-state index is 0.594. The topological polar surface area (TPSA) is 51.6 Å². The zero-order chi connectivity index (χ0) is 10.0. The van der Waals surface area contributed by atoms with Crippen molar-refractivity contribution in [1.82, 2.24) is 4.98 Å². The van der Waals surface area contributed by atoms with Crippen molar-refractivity contribution in [1.29, 1.82) is 0 Å². The highest BCUT2D eigenvalue weighted by Gasteiger charge is 2.34. The van der Waals surface area contributed by atoms with E-state index in [2.05, 4.69) is 4.98 Å². The molecule has 0 spiro atoms. The first kappa shape index (κ1) is 9.89. The molecular formula is C9H13NO3S. The second-order valence-corrected chi connectivity index (χ2v) is 4.17. The molecule has 0 radical (unpaired) electrons. The molecule has 2 heterocycles. The van der Waals surface area contributed by atoms with Gasteiger partial charge in [0.15, 0.2) is 0 Å². The molecule has 0 atom stereocenters. The Morgan fingerprint density at radius 1 is 1.57 bits per heavy atom. The molecule has 78 valence electrons. The summed E-state index contributed by atoms with van der Waals surface area (Å²) in [6, 6.07) is 0. The lowest BCUT2D eigenvalue weighted by molar-refractivity contribution is -0.0703. The van der Waals surface area contributed by atoms with Crippen LogP contribution in [0.25, 0.3) is 0 Å². The van der Waals surface area contributed by atoms with Crippen LogP contribution in [0, 0.1) is 0 Å². The molecule has 0 amide bonds. The van der Waals surface area contributed by atoms with Crippen molar-refractivity contribution in [3.8, 4) is 5.19 Å². The average molecular weight is 215 g/mol. The molecule has 0 unspecified atom stereocenters. The minimum Gasteiger partial charge on any atom is -0.473 e. The van der Waals surface area contributed by atoms with E-state index < -0.39 is 5.60 Å². The van der Waals surface area contributed by atoms with Gasteiger partial charge in [-0.05, 0) is 0 Å². The molecule has 1 aromatic rings.